The molecule has 0 spiro atoms. The van der Waals surface area contributed by atoms with E-state index < -0.39 is 12.3 Å². The number of fused-ring (bicyclic) bond motifs is 1. The van der Waals surface area contributed by atoms with Crippen LogP contribution in [-0.4, -0.2) is 31.8 Å². The summed E-state index contributed by atoms with van der Waals surface area (Å²) in [6, 6.07) is 9.85. The molecule has 0 N–H and O–H groups in total. The molecule has 2 aromatic carbocycles. The summed E-state index contributed by atoms with van der Waals surface area (Å²) in [4.78, 5) is 14.5. The molecule has 0 radical (unpaired) electrons. The number of carbonyl (C=O) groups excluding carboxylic acids is 1. The van der Waals surface area contributed by atoms with E-state index in [0.29, 0.717) is 27.8 Å². The summed E-state index contributed by atoms with van der Waals surface area (Å²) in [7, 11) is 1.73. The van der Waals surface area contributed by atoms with Gasteiger partial charge in [0.2, 0.25) is 5.91 Å². The van der Waals surface area contributed by atoms with Crippen molar-refractivity contribution in [1.82, 2.24) is 19.6 Å². The summed E-state index contributed by atoms with van der Waals surface area (Å²) in [5.74, 6) is -1.11. The van der Waals surface area contributed by atoms with Crippen molar-refractivity contribution in [2.45, 2.75) is 6.36 Å². The molecule has 4 aromatic rings. The Balaban J connectivity index is 1.86. The average molecular weight is 427 g/mol. The summed E-state index contributed by atoms with van der Waals surface area (Å²) in [5.41, 5.74) is 10.9. The van der Waals surface area contributed by atoms with Crippen LogP contribution >= 0.6 is 0 Å². The minimum atomic E-state index is -4.79. The first-order valence-corrected chi connectivity index (χ1v) is 8.72. The fraction of sp³-hybridized carbons (Fsp3) is 0.105. The number of benzene rings is 2. The zero-order chi connectivity index (χ0) is 22.2. The van der Waals surface area contributed by atoms with Crippen molar-refractivity contribution in [2.24, 2.45) is 12.2 Å². The number of rotatable bonds is 4. The second kappa shape index (κ2) is 7.50. The second-order valence-corrected chi connectivity index (χ2v) is 6.43. The molecule has 2 heterocycles. The molecule has 0 aliphatic heterocycles. The first-order valence-electron chi connectivity index (χ1n) is 8.72. The molecule has 2 aromatic heterocycles. The highest BCUT2D eigenvalue weighted by Crippen LogP contribution is 2.31. The van der Waals surface area contributed by atoms with Crippen molar-refractivity contribution in [2.75, 3.05) is 0 Å². The standard InChI is InChI=1S/C19H12F3N7O2/c1-28-10-12(9-24-28)17-15-8-11(18(30)25-27-23)2-7-16(15)29(26-17)13-3-5-14(6-4-13)31-19(20,21)22/h2-10H,1H3. The van der Waals surface area contributed by atoms with Crippen LogP contribution in [0.25, 0.3) is 38.3 Å². The van der Waals surface area contributed by atoms with E-state index in [1.165, 1.54) is 35.0 Å². The van der Waals surface area contributed by atoms with E-state index in [2.05, 4.69) is 25.0 Å². The Morgan fingerprint density at radius 1 is 1.19 bits per heavy atom. The number of aromatic nitrogens is 4. The lowest BCUT2D eigenvalue weighted by Crippen LogP contribution is -2.17. The molecule has 0 saturated heterocycles. The van der Waals surface area contributed by atoms with Gasteiger partial charge in [-0.05, 0) is 53.1 Å². The van der Waals surface area contributed by atoms with Gasteiger partial charge in [-0.1, -0.05) is 0 Å². The summed E-state index contributed by atoms with van der Waals surface area (Å²) >= 11 is 0. The van der Waals surface area contributed by atoms with Gasteiger partial charge in [0.15, 0.2) is 0 Å². The topological polar surface area (TPSA) is 111 Å². The molecule has 0 aliphatic rings. The van der Waals surface area contributed by atoms with Gasteiger partial charge < -0.3 is 4.74 Å². The van der Waals surface area contributed by atoms with Crippen LogP contribution in [0.4, 0.5) is 13.2 Å². The number of halogens is 3. The SMILES string of the molecule is Cn1cc(-c2nn(-c3ccc(OC(F)(F)F)cc3)c3ccc(C(=O)N=[N+]=[N-])cc23)cn1. The predicted molar refractivity (Wildman–Crippen MR) is 103 cm³/mol. The van der Waals surface area contributed by atoms with Gasteiger partial charge in [-0.25, -0.2) is 4.68 Å². The Hall–Kier alpha value is -4.31. The second-order valence-electron chi connectivity index (χ2n) is 6.43. The summed E-state index contributed by atoms with van der Waals surface area (Å²) in [6.45, 7) is 0. The molecule has 0 aliphatic carbocycles. The lowest BCUT2D eigenvalue weighted by molar-refractivity contribution is -0.274. The van der Waals surface area contributed by atoms with Crippen molar-refractivity contribution in [3.8, 4) is 22.7 Å². The fourth-order valence-electron chi connectivity index (χ4n) is 3.09. The zero-order valence-corrected chi connectivity index (χ0v) is 15.8. The minimum absolute atomic E-state index is 0.170. The van der Waals surface area contributed by atoms with Gasteiger partial charge in [-0.3, -0.25) is 9.48 Å². The van der Waals surface area contributed by atoms with Gasteiger partial charge >= 0.3 is 6.36 Å². The molecule has 0 saturated carbocycles. The van der Waals surface area contributed by atoms with E-state index in [9.17, 15) is 18.0 Å². The molecule has 4 rings (SSSR count). The molecular weight excluding hydrogens is 415 g/mol. The molecule has 0 atom stereocenters. The number of amides is 1. The Morgan fingerprint density at radius 2 is 1.94 bits per heavy atom. The van der Waals surface area contributed by atoms with Gasteiger partial charge in [0.05, 0.1) is 17.4 Å². The van der Waals surface area contributed by atoms with Crippen LogP contribution in [0.1, 0.15) is 10.4 Å². The van der Waals surface area contributed by atoms with Crippen LogP contribution < -0.4 is 4.74 Å². The summed E-state index contributed by atoms with van der Waals surface area (Å²) < 4.78 is 44.3. The maximum absolute atomic E-state index is 12.4. The number of hydrogen-bond donors (Lipinski definition) is 0. The van der Waals surface area contributed by atoms with Crippen LogP contribution in [-0.2, 0) is 7.05 Å². The molecule has 0 unspecified atom stereocenters. The molecule has 31 heavy (non-hydrogen) atoms. The Kier molecular flexibility index (Phi) is 4.84. The molecule has 156 valence electrons. The average Bonchev–Trinajstić information content (AvgIpc) is 3.30. The van der Waals surface area contributed by atoms with Gasteiger partial charge in [0, 0.05) is 34.7 Å². The number of nitrogens with zero attached hydrogens (tertiary/aromatic N) is 7. The highest BCUT2D eigenvalue weighted by molar-refractivity contribution is 6.02. The molecule has 9 nitrogen and oxygen atoms in total. The molecule has 0 fully saturated rings. The predicted octanol–water partition coefficient (Wildman–Crippen LogP) is 4.78. The van der Waals surface area contributed by atoms with E-state index in [4.69, 9.17) is 5.53 Å². The van der Waals surface area contributed by atoms with E-state index in [0.717, 1.165) is 0 Å². The maximum atomic E-state index is 12.4. The molecule has 12 heteroatoms. The Morgan fingerprint density at radius 3 is 2.55 bits per heavy atom. The van der Waals surface area contributed by atoms with Crippen LogP contribution in [0.2, 0.25) is 0 Å². The highest BCUT2D eigenvalue weighted by Gasteiger charge is 2.31. The van der Waals surface area contributed by atoms with Crippen LogP contribution in [0.3, 0.4) is 0 Å². The number of carbonyl (C=O) groups is 1. The number of alkyl halides is 3. The Bertz CT molecular complexity index is 1330. The van der Waals surface area contributed by atoms with Crippen molar-refractivity contribution >= 4 is 16.8 Å². The van der Waals surface area contributed by atoms with E-state index >= 15 is 0 Å². The van der Waals surface area contributed by atoms with E-state index in [1.54, 1.807) is 36.3 Å². The minimum Gasteiger partial charge on any atom is -0.406 e. The summed E-state index contributed by atoms with van der Waals surface area (Å²) in [5, 5.41) is 12.4. The lowest BCUT2D eigenvalue weighted by Gasteiger charge is -2.09. The number of ether oxygens (including phenoxy) is 1. The highest BCUT2D eigenvalue weighted by atomic mass is 19.4. The number of aryl methyl sites for hydroxylation is 1. The van der Waals surface area contributed by atoms with Crippen molar-refractivity contribution in [3.05, 3.63) is 70.9 Å². The monoisotopic (exact) mass is 427 g/mol. The fourth-order valence-corrected chi connectivity index (χ4v) is 3.09. The van der Waals surface area contributed by atoms with Gasteiger partial charge in [0.1, 0.15) is 11.4 Å². The molecule has 0 bridgehead atoms. The molecule has 1 amide bonds. The van der Waals surface area contributed by atoms with Crippen molar-refractivity contribution < 1.29 is 22.7 Å². The van der Waals surface area contributed by atoms with E-state index in [-0.39, 0.29) is 11.3 Å². The van der Waals surface area contributed by atoms with E-state index in [1.807, 2.05) is 0 Å². The smallest absolute Gasteiger partial charge is 0.406 e. The quantitative estimate of drug-likeness (QED) is 0.265. The summed E-state index contributed by atoms with van der Waals surface area (Å²) in [6.07, 6.45) is -1.47. The largest absolute Gasteiger partial charge is 0.573 e. The van der Waals surface area contributed by atoms with Crippen molar-refractivity contribution in [3.63, 3.8) is 0 Å². The third-order valence-corrected chi connectivity index (χ3v) is 4.36. The van der Waals surface area contributed by atoms with Gasteiger partial charge in [0.25, 0.3) is 0 Å². The van der Waals surface area contributed by atoms with Crippen LogP contribution in [0.5, 0.6) is 5.75 Å². The first-order chi connectivity index (χ1) is 14.7. The third-order valence-electron chi connectivity index (χ3n) is 4.36. The van der Waals surface area contributed by atoms with Gasteiger partial charge in [-0.2, -0.15) is 10.2 Å². The first kappa shape index (κ1) is 20.0. The normalized spacial score (nSPS) is 11.4. The van der Waals surface area contributed by atoms with Gasteiger partial charge in [-0.15, -0.1) is 13.2 Å². The number of hydrogen-bond acceptors (Lipinski definition) is 4. The number of azide groups is 1. The Labute approximate surface area is 171 Å². The third kappa shape index (κ3) is 4.05. The molecular formula is C19H12F3N7O2. The van der Waals surface area contributed by atoms with Crippen LogP contribution in [0.15, 0.2) is 60.0 Å². The lowest BCUT2D eigenvalue weighted by atomic mass is 10.1. The zero-order valence-electron chi connectivity index (χ0n) is 15.8. The van der Waals surface area contributed by atoms with Crippen molar-refractivity contribution in [1.29, 1.82) is 0 Å². The van der Waals surface area contributed by atoms with Crippen LogP contribution in [0, 0.1) is 0 Å². The maximum Gasteiger partial charge on any atom is 0.573 e.